The minimum Gasteiger partial charge on any atom is -0.377 e. The van der Waals surface area contributed by atoms with Crippen molar-refractivity contribution < 1.29 is 9.59 Å². The van der Waals surface area contributed by atoms with E-state index in [1.54, 1.807) is 0 Å². The standard InChI is InChI=1S/C24H42N4O2/c1-16(2)18(5)28(22(29)14-24(6,7)8)15-19-13-20(11-12-21(19)27(9)10)26-23(30)25-17(3)4/h11-13,16-18H,14-15H2,1-10H3,(H2,25,26,30)/t18-/m1/s1. The zero-order valence-electron chi connectivity index (χ0n) is 20.6. The van der Waals surface area contributed by atoms with E-state index in [4.69, 9.17) is 0 Å². The van der Waals surface area contributed by atoms with Crippen LogP contribution in [0.15, 0.2) is 18.2 Å². The van der Waals surface area contributed by atoms with Gasteiger partial charge >= 0.3 is 6.03 Å². The van der Waals surface area contributed by atoms with Crippen molar-refractivity contribution in [3.63, 3.8) is 0 Å². The van der Waals surface area contributed by atoms with E-state index in [0.29, 0.717) is 24.6 Å². The highest BCUT2D eigenvalue weighted by molar-refractivity contribution is 5.90. The maximum Gasteiger partial charge on any atom is 0.319 e. The van der Waals surface area contributed by atoms with Gasteiger partial charge < -0.3 is 20.4 Å². The SMILES string of the molecule is CC(C)NC(=O)Nc1ccc(N(C)C)c(CN(C(=O)CC(C)(C)C)[C@H](C)C(C)C)c1. The monoisotopic (exact) mass is 418 g/mol. The summed E-state index contributed by atoms with van der Waals surface area (Å²) in [4.78, 5) is 29.4. The van der Waals surface area contributed by atoms with Gasteiger partial charge in [0.05, 0.1) is 0 Å². The number of nitrogens with one attached hydrogen (secondary N) is 2. The number of anilines is 2. The number of urea groups is 1. The Hall–Kier alpha value is -2.24. The van der Waals surface area contributed by atoms with Crippen molar-refractivity contribution in [2.24, 2.45) is 11.3 Å². The maximum atomic E-state index is 13.2. The van der Waals surface area contributed by atoms with E-state index in [-0.39, 0.29) is 29.4 Å². The van der Waals surface area contributed by atoms with Crippen molar-refractivity contribution >= 4 is 23.3 Å². The molecule has 1 atom stereocenters. The Morgan fingerprint density at radius 2 is 1.63 bits per heavy atom. The van der Waals surface area contributed by atoms with Crippen LogP contribution in [0.4, 0.5) is 16.2 Å². The van der Waals surface area contributed by atoms with Gasteiger partial charge in [0.25, 0.3) is 0 Å². The molecular weight excluding hydrogens is 376 g/mol. The predicted molar refractivity (Wildman–Crippen MR) is 127 cm³/mol. The molecule has 1 aromatic carbocycles. The molecule has 0 fully saturated rings. The number of carbonyl (C=O) groups is 2. The summed E-state index contributed by atoms with van der Waals surface area (Å²) >= 11 is 0. The number of rotatable bonds is 8. The fourth-order valence-corrected chi connectivity index (χ4v) is 3.21. The Kier molecular flexibility index (Phi) is 9.19. The molecule has 0 heterocycles. The molecule has 0 aliphatic heterocycles. The third-order valence-electron chi connectivity index (χ3n) is 5.04. The van der Waals surface area contributed by atoms with E-state index in [1.807, 2.05) is 55.9 Å². The van der Waals surface area contributed by atoms with Crippen LogP contribution >= 0.6 is 0 Å². The highest BCUT2D eigenvalue weighted by Gasteiger charge is 2.27. The fourth-order valence-electron chi connectivity index (χ4n) is 3.21. The fraction of sp³-hybridized carbons (Fsp3) is 0.667. The zero-order chi connectivity index (χ0) is 23.2. The number of benzene rings is 1. The third-order valence-corrected chi connectivity index (χ3v) is 5.04. The Morgan fingerprint density at radius 3 is 2.10 bits per heavy atom. The first kappa shape index (κ1) is 25.8. The van der Waals surface area contributed by atoms with Crippen molar-refractivity contribution in [3.05, 3.63) is 23.8 Å². The number of amides is 3. The molecule has 6 nitrogen and oxygen atoms in total. The molecule has 0 radical (unpaired) electrons. The van der Waals surface area contributed by atoms with Crippen LogP contribution in [-0.2, 0) is 11.3 Å². The van der Waals surface area contributed by atoms with Crippen molar-refractivity contribution in [3.8, 4) is 0 Å². The number of hydrogen-bond donors (Lipinski definition) is 2. The van der Waals surface area contributed by atoms with Crippen LogP contribution in [0.1, 0.15) is 67.4 Å². The molecular formula is C24H42N4O2. The molecule has 6 heteroatoms. The molecule has 0 aliphatic rings. The third kappa shape index (κ3) is 8.25. The van der Waals surface area contributed by atoms with Crippen LogP contribution in [0.25, 0.3) is 0 Å². The van der Waals surface area contributed by atoms with E-state index in [2.05, 4.69) is 52.2 Å². The second kappa shape index (κ2) is 10.7. The average Bonchev–Trinajstić information content (AvgIpc) is 2.56. The predicted octanol–water partition coefficient (Wildman–Crippen LogP) is 5.09. The summed E-state index contributed by atoms with van der Waals surface area (Å²) < 4.78 is 0. The van der Waals surface area contributed by atoms with E-state index in [0.717, 1.165) is 11.3 Å². The van der Waals surface area contributed by atoms with Gasteiger partial charge in [-0.1, -0.05) is 34.6 Å². The Labute approximate surface area is 183 Å². The van der Waals surface area contributed by atoms with Gasteiger partial charge in [-0.05, 0) is 55.9 Å². The lowest BCUT2D eigenvalue weighted by Gasteiger charge is -2.35. The molecule has 0 aromatic heterocycles. The summed E-state index contributed by atoms with van der Waals surface area (Å²) in [7, 11) is 3.98. The summed E-state index contributed by atoms with van der Waals surface area (Å²) in [6, 6.07) is 5.79. The first-order chi connectivity index (χ1) is 13.7. The van der Waals surface area contributed by atoms with Crippen LogP contribution in [0.3, 0.4) is 0 Å². The minimum atomic E-state index is -0.232. The van der Waals surface area contributed by atoms with Crippen LogP contribution in [-0.4, -0.2) is 43.0 Å². The second-order valence-corrected chi connectivity index (χ2v) is 10.2. The topological polar surface area (TPSA) is 64.7 Å². The Balaban J connectivity index is 3.26. The molecule has 3 amide bonds. The molecule has 1 rings (SSSR count). The average molecular weight is 419 g/mol. The van der Waals surface area contributed by atoms with Gasteiger partial charge in [0.2, 0.25) is 5.91 Å². The highest BCUT2D eigenvalue weighted by Crippen LogP contribution is 2.28. The van der Waals surface area contributed by atoms with Gasteiger partial charge in [-0.3, -0.25) is 4.79 Å². The number of nitrogens with zero attached hydrogens (tertiary/aromatic N) is 2. The maximum absolute atomic E-state index is 13.2. The van der Waals surface area contributed by atoms with Gasteiger partial charge in [-0.25, -0.2) is 4.79 Å². The molecule has 30 heavy (non-hydrogen) atoms. The normalized spacial score (nSPS) is 12.7. The Bertz CT molecular complexity index is 720. The van der Waals surface area contributed by atoms with E-state index in [9.17, 15) is 9.59 Å². The molecule has 1 aromatic rings. The molecule has 0 bridgehead atoms. The van der Waals surface area contributed by atoms with E-state index < -0.39 is 0 Å². The summed E-state index contributed by atoms with van der Waals surface area (Å²) in [5, 5.41) is 5.74. The summed E-state index contributed by atoms with van der Waals surface area (Å²) in [5.74, 6) is 0.499. The first-order valence-electron chi connectivity index (χ1n) is 10.9. The van der Waals surface area contributed by atoms with E-state index in [1.165, 1.54) is 0 Å². The van der Waals surface area contributed by atoms with Gasteiger partial charge in [0.15, 0.2) is 0 Å². The van der Waals surface area contributed by atoms with Crippen molar-refractivity contribution in [1.29, 1.82) is 0 Å². The Morgan fingerprint density at radius 1 is 1.03 bits per heavy atom. The lowest BCUT2D eigenvalue weighted by Crippen LogP contribution is -2.42. The molecule has 0 saturated heterocycles. The zero-order valence-corrected chi connectivity index (χ0v) is 20.6. The van der Waals surface area contributed by atoms with Crippen molar-refractivity contribution in [2.75, 3.05) is 24.3 Å². The summed E-state index contributed by atoms with van der Waals surface area (Å²) in [6.07, 6.45) is 0.496. The van der Waals surface area contributed by atoms with E-state index >= 15 is 0 Å². The van der Waals surface area contributed by atoms with Crippen LogP contribution in [0.5, 0.6) is 0 Å². The molecule has 170 valence electrons. The highest BCUT2D eigenvalue weighted by atomic mass is 16.2. The summed E-state index contributed by atoms with van der Waals surface area (Å²) in [5.41, 5.74) is 2.69. The smallest absolute Gasteiger partial charge is 0.319 e. The van der Waals surface area contributed by atoms with Gasteiger partial charge in [-0.2, -0.15) is 0 Å². The van der Waals surface area contributed by atoms with Gasteiger partial charge in [-0.15, -0.1) is 0 Å². The van der Waals surface area contributed by atoms with Gasteiger partial charge in [0, 0.05) is 50.5 Å². The van der Waals surface area contributed by atoms with Crippen LogP contribution in [0.2, 0.25) is 0 Å². The molecule has 2 N–H and O–H groups in total. The molecule has 0 aliphatic carbocycles. The first-order valence-corrected chi connectivity index (χ1v) is 10.9. The lowest BCUT2D eigenvalue weighted by atomic mass is 9.90. The van der Waals surface area contributed by atoms with Crippen LogP contribution < -0.4 is 15.5 Å². The molecule has 0 unspecified atom stereocenters. The molecule has 0 saturated carbocycles. The van der Waals surface area contributed by atoms with Crippen molar-refractivity contribution in [1.82, 2.24) is 10.2 Å². The van der Waals surface area contributed by atoms with Crippen LogP contribution in [0, 0.1) is 11.3 Å². The lowest BCUT2D eigenvalue weighted by molar-refractivity contribution is -0.136. The van der Waals surface area contributed by atoms with Crippen molar-refractivity contribution in [2.45, 2.75) is 80.4 Å². The number of carbonyl (C=O) groups excluding carboxylic acids is 2. The molecule has 0 spiro atoms. The van der Waals surface area contributed by atoms with Gasteiger partial charge in [0.1, 0.15) is 0 Å². The second-order valence-electron chi connectivity index (χ2n) is 10.2. The summed E-state index contributed by atoms with van der Waals surface area (Å²) in [6.45, 7) is 17.0. The quantitative estimate of drug-likeness (QED) is 0.618. The largest absolute Gasteiger partial charge is 0.377 e. The minimum absolute atomic E-state index is 0.0583. The number of hydrogen-bond acceptors (Lipinski definition) is 3.